The molecule has 3 heteroatoms. The van der Waals surface area contributed by atoms with E-state index in [0.717, 1.165) is 6.04 Å². The number of rotatable bonds is 4. The fourth-order valence-corrected chi connectivity index (χ4v) is 2.85. The highest BCUT2D eigenvalue weighted by Crippen LogP contribution is 2.14. The molecule has 2 saturated heterocycles. The van der Waals surface area contributed by atoms with Gasteiger partial charge in [0.2, 0.25) is 0 Å². The maximum atomic E-state index is 3.41. The minimum absolute atomic E-state index is 0.787. The second-order valence-electron chi connectivity index (χ2n) is 5.33. The Balaban J connectivity index is 1.63. The molecule has 0 bridgehead atoms. The highest BCUT2D eigenvalue weighted by Gasteiger charge is 2.17. The molecule has 2 aliphatic rings. The zero-order valence-electron chi connectivity index (χ0n) is 10.7. The molecule has 94 valence electrons. The van der Waals surface area contributed by atoms with E-state index < -0.39 is 0 Å². The molecule has 2 rings (SSSR count). The highest BCUT2D eigenvalue weighted by atomic mass is 15.2. The summed E-state index contributed by atoms with van der Waals surface area (Å²) in [5.74, 6) is 0. The molecular weight excluding hydrogens is 198 g/mol. The summed E-state index contributed by atoms with van der Waals surface area (Å²) in [7, 11) is 0. The minimum Gasteiger partial charge on any atom is -0.314 e. The van der Waals surface area contributed by atoms with Gasteiger partial charge in [0, 0.05) is 32.2 Å². The number of likely N-dealkylation sites (tertiary alicyclic amines) is 1. The van der Waals surface area contributed by atoms with Crippen LogP contribution in [0.4, 0.5) is 0 Å². The van der Waals surface area contributed by atoms with Crippen LogP contribution in [0.15, 0.2) is 0 Å². The van der Waals surface area contributed by atoms with E-state index in [2.05, 4.69) is 22.0 Å². The van der Waals surface area contributed by atoms with Crippen molar-refractivity contribution in [3.63, 3.8) is 0 Å². The van der Waals surface area contributed by atoms with E-state index in [-0.39, 0.29) is 0 Å². The van der Waals surface area contributed by atoms with Gasteiger partial charge in [-0.25, -0.2) is 0 Å². The number of piperidine rings is 1. The van der Waals surface area contributed by atoms with Crippen molar-refractivity contribution >= 4 is 0 Å². The third kappa shape index (κ3) is 3.72. The molecular formula is C13H27N3. The first kappa shape index (κ1) is 12.3. The van der Waals surface area contributed by atoms with Gasteiger partial charge >= 0.3 is 0 Å². The van der Waals surface area contributed by atoms with Crippen molar-refractivity contribution in [2.24, 2.45) is 0 Å². The molecule has 2 heterocycles. The van der Waals surface area contributed by atoms with Gasteiger partial charge in [-0.05, 0) is 45.8 Å². The first-order valence-electron chi connectivity index (χ1n) is 7.03. The van der Waals surface area contributed by atoms with E-state index in [0.29, 0.717) is 0 Å². The van der Waals surface area contributed by atoms with Crippen LogP contribution in [0, 0.1) is 0 Å². The fraction of sp³-hybridized carbons (Fsp3) is 1.00. The van der Waals surface area contributed by atoms with Crippen molar-refractivity contribution in [1.29, 1.82) is 0 Å². The number of nitrogens with zero attached hydrogens (tertiary/aromatic N) is 2. The largest absolute Gasteiger partial charge is 0.314 e. The molecule has 0 aromatic carbocycles. The molecule has 0 spiro atoms. The van der Waals surface area contributed by atoms with Crippen molar-refractivity contribution in [1.82, 2.24) is 15.1 Å². The van der Waals surface area contributed by atoms with Crippen LogP contribution in [0.3, 0.4) is 0 Å². The lowest BCUT2D eigenvalue weighted by Crippen LogP contribution is -2.45. The molecule has 1 N–H and O–H groups in total. The molecule has 0 aromatic heterocycles. The van der Waals surface area contributed by atoms with E-state index in [1.165, 1.54) is 71.5 Å². The van der Waals surface area contributed by atoms with E-state index in [1.807, 2.05) is 0 Å². The number of hydrogen-bond donors (Lipinski definition) is 1. The molecule has 1 atom stereocenters. The summed E-state index contributed by atoms with van der Waals surface area (Å²) in [6.45, 7) is 11.2. The van der Waals surface area contributed by atoms with Gasteiger partial charge in [-0.1, -0.05) is 6.42 Å². The maximum absolute atomic E-state index is 3.41. The molecule has 0 saturated carbocycles. The van der Waals surface area contributed by atoms with Crippen LogP contribution in [-0.4, -0.2) is 61.7 Å². The van der Waals surface area contributed by atoms with Crippen LogP contribution in [0.2, 0.25) is 0 Å². The van der Waals surface area contributed by atoms with Gasteiger partial charge in [-0.15, -0.1) is 0 Å². The second kappa shape index (κ2) is 6.58. The van der Waals surface area contributed by atoms with Gasteiger partial charge < -0.3 is 15.1 Å². The zero-order valence-corrected chi connectivity index (χ0v) is 10.7. The Hall–Kier alpha value is -0.120. The summed E-state index contributed by atoms with van der Waals surface area (Å²) in [5.41, 5.74) is 0. The fourth-order valence-electron chi connectivity index (χ4n) is 2.85. The lowest BCUT2D eigenvalue weighted by atomic mass is 10.1. The Morgan fingerprint density at radius 2 is 1.69 bits per heavy atom. The summed E-state index contributed by atoms with van der Waals surface area (Å²) in [6.07, 6.45) is 5.62. The van der Waals surface area contributed by atoms with Crippen LogP contribution in [0.25, 0.3) is 0 Å². The summed E-state index contributed by atoms with van der Waals surface area (Å²) in [4.78, 5) is 5.29. The smallest absolute Gasteiger partial charge is 0.0107 e. The molecule has 0 aliphatic carbocycles. The normalized spacial score (nSPS) is 26.8. The third-order valence-electron chi connectivity index (χ3n) is 4.09. The van der Waals surface area contributed by atoms with Gasteiger partial charge in [-0.3, -0.25) is 0 Å². The van der Waals surface area contributed by atoms with Crippen molar-refractivity contribution in [3.05, 3.63) is 0 Å². The summed E-state index contributed by atoms with van der Waals surface area (Å²) in [5, 5.41) is 3.41. The lowest BCUT2D eigenvalue weighted by molar-refractivity contribution is 0.145. The van der Waals surface area contributed by atoms with Gasteiger partial charge in [-0.2, -0.15) is 0 Å². The van der Waals surface area contributed by atoms with E-state index in [9.17, 15) is 0 Å². The Labute approximate surface area is 100 Å². The second-order valence-corrected chi connectivity index (χ2v) is 5.33. The number of nitrogens with one attached hydrogen (secondary N) is 1. The SMILES string of the molecule is CC(CCN1CCNCC1)N1CCCCC1. The van der Waals surface area contributed by atoms with E-state index in [4.69, 9.17) is 0 Å². The molecule has 0 radical (unpaired) electrons. The number of hydrogen-bond acceptors (Lipinski definition) is 3. The molecule has 0 amide bonds. The average Bonchev–Trinajstić information content (AvgIpc) is 2.38. The van der Waals surface area contributed by atoms with Gasteiger partial charge in [0.25, 0.3) is 0 Å². The summed E-state index contributed by atoms with van der Waals surface area (Å²) >= 11 is 0. The van der Waals surface area contributed by atoms with E-state index >= 15 is 0 Å². The molecule has 1 unspecified atom stereocenters. The van der Waals surface area contributed by atoms with Crippen LogP contribution in [0.1, 0.15) is 32.6 Å². The predicted molar refractivity (Wildman–Crippen MR) is 68.8 cm³/mol. The van der Waals surface area contributed by atoms with Crippen molar-refractivity contribution < 1.29 is 0 Å². The highest BCUT2D eigenvalue weighted by molar-refractivity contribution is 4.74. The maximum Gasteiger partial charge on any atom is 0.0107 e. The minimum atomic E-state index is 0.787. The third-order valence-corrected chi connectivity index (χ3v) is 4.09. The Bertz CT molecular complexity index is 184. The Morgan fingerprint density at radius 3 is 2.38 bits per heavy atom. The molecule has 3 nitrogen and oxygen atoms in total. The predicted octanol–water partition coefficient (Wildman–Crippen LogP) is 1.16. The lowest BCUT2D eigenvalue weighted by Gasteiger charge is -2.34. The van der Waals surface area contributed by atoms with E-state index in [1.54, 1.807) is 0 Å². The van der Waals surface area contributed by atoms with Crippen LogP contribution >= 0.6 is 0 Å². The monoisotopic (exact) mass is 225 g/mol. The standard InChI is InChI=1S/C13H27N3/c1-13(16-8-3-2-4-9-16)5-10-15-11-6-14-7-12-15/h13-14H,2-12H2,1H3. The van der Waals surface area contributed by atoms with Crippen LogP contribution in [-0.2, 0) is 0 Å². The molecule has 2 fully saturated rings. The Morgan fingerprint density at radius 1 is 1.00 bits per heavy atom. The van der Waals surface area contributed by atoms with Crippen molar-refractivity contribution in [3.8, 4) is 0 Å². The quantitative estimate of drug-likeness (QED) is 0.774. The summed E-state index contributed by atoms with van der Waals surface area (Å²) in [6, 6.07) is 0.787. The van der Waals surface area contributed by atoms with Gasteiger partial charge in [0.15, 0.2) is 0 Å². The van der Waals surface area contributed by atoms with Crippen molar-refractivity contribution in [2.45, 2.75) is 38.6 Å². The summed E-state index contributed by atoms with van der Waals surface area (Å²) < 4.78 is 0. The number of piperazine rings is 1. The topological polar surface area (TPSA) is 18.5 Å². The van der Waals surface area contributed by atoms with Crippen LogP contribution < -0.4 is 5.32 Å². The zero-order chi connectivity index (χ0) is 11.2. The molecule has 16 heavy (non-hydrogen) atoms. The first-order valence-corrected chi connectivity index (χ1v) is 7.03. The average molecular weight is 225 g/mol. The van der Waals surface area contributed by atoms with Crippen molar-refractivity contribution in [2.75, 3.05) is 45.8 Å². The van der Waals surface area contributed by atoms with Crippen LogP contribution in [0.5, 0.6) is 0 Å². The molecule has 0 aromatic rings. The van der Waals surface area contributed by atoms with Gasteiger partial charge in [0.1, 0.15) is 0 Å². The molecule has 2 aliphatic heterocycles. The first-order chi connectivity index (χ1) is 7.86. The van der Waals surface area contributed by atoms with Gasteiger partial charge in [0.05, 0.1) is 0 Å². The Kier molecular flexibility index (Phi) is 5.07.